The number of hydrogen-bond acceptors (Lipinski definition) is 6. The van der Waals surface area contributed by atoms with E-state index in [1.54, 1.807) is 18.2 Å². The molecule has 47 heavy (non-hydrogen) atoms. The number of anilines is 1. The van der Waals surface area contributed by atoms with Crippen molar-refractivity contribution in [3.63, 3.8) is 0 Å². The van der Waals surface area contributed by atoms with Gasteiger partial charge in [0.05, 0.1) is 29.1 Å². The van der Waals surface area contributed by atoms with Crippen LogP contribution in [-0.4, -0.2) is 63.4 Å². The van der Waals surface area contributed by atoms with E-state index in [4.69, 9.17) is 9.47 Å². The number of aromatic nitrogens is 2. The zero-order valence-corrected chi connectivity index (χ0v) is 26.4. The molecule has 3 aromatic carbocycles. The largest absolute Gasteiger partial charge is 0.491 e. The van der Waals surface area contributed by atoms with Gasteiger partial charge in [0.2, 0.25) is 5.88 Å². The molecule has 1 aliphatic heterocycles. The number of pyridine rings is 1. The van der Waals surface area contributed by atoms with Gasteiger partial charge in [0.15, 0.2) is 0 Å². The lowest BCUT2D eigenvalue weighted by molar-refractivity contribution is 0.0619. The molecule has 0 spiro atoms. The van der Waals surface area contributed by atoms with E-state index < -0.39 is 17.5 Å². The number of nitrogens with one attached hydrogen (secondary N) is 1. The van der Waals surface area contributed by atoms with E-state index in [0.717, 1.165) is 48.4 Å². The van der Waals surface area contributed by atoms with Gasteiger partial charge in [0.25, 0.3) is 11.8 Å². The van der Waals surface area contributed by atoms with Gasteiger partial charge in [-0.3, -0.25) is 14.5 Å². The van der Waals surface area contributed by atoms with Crippen LogP contribution < -0.4 is 14.8 Å². The van der Waals surface area contributed by atoms with Crippen LogP contribution in [0, 0.1) is 11.6 Å². The summed E-state index contributed by atoms with van der Waals surface area (Å²) in [5.41, 5.74) is 2.68. The van der Waals surface area contributed by atoms with Crippen LogP contribution >= 0.6 is 0 Å². The third-order valence-corrected chi connectivity index (χ3v) is 7.99. The number of nitrogens with zero attached hydrogens (tertiary/aromatic N) is 4. The normalized spacial score (nSPS) is 13.6. The van der Waals surface area contributed by atoms with Crippen LogP contribution in [0.1, 0.15) is 40.3 Å². The summed E-state index contributed by atoms with van der Waals surface area (Å²) in [5, 5.41) is 3.44. The van der Waals surface area contributed by atoms with Crippen LogP contribution in [0.15, 0.2) is 85.1 Å². The lowest BCUT2D eigenvalue weighted by Gasteiger charge is -2.34. The smallest absolute Gasteiger partial charge is 0.270 e. The minimum Gasteiger partial charge on any atom is -0.491 e. The molecule has 1 N–H and O–H groups in total. The highest BCUT2D eigenvalue weighted by molar-refractivity contribution is 6.04. The first-order chi connectivity index (χ1) is 22.6. The van der Waals surface area contributed by atoms with Crippen molar-refractivity contribution in [1.82, 2.24) is 19.4 Å². The Kier molecular flexibility index (Phi) is 9.17. The van der Waals surface area contributed by atoms with Crippen LogP contribution in [-0.2, 0) is 13.6 Å². The molecule has 0 aliphatic carbocycles. The molecule has 0 unspecified atom stereocenters. The number of aryl methyl sites for hydroxylation is 1. The Bertz CT molecular complexity index is 1900. The van der Waals surface area contributed by atoms with Gasteiger partial charge in [-0.05, 0) is 67.9 Å². The van der Waals surface area contributed by atoms with Crippen LogP contribution in [0.3, 0.4) is 0 Å². The summed E-state index contributed by atoms with van der Waals surface area (Å²) < 4.78 is 40.7. The molecule has 2 aromatic heterocycles. The molecule has 2 amide bonds. The maximum Gasteiger partial charge on any atom is 0.270 e. The van der Waals surface area contributed by atoms with E-state index in [0.29, 0.717) is 36.3 Å². The maximum absolute atomic E-state index is 13.9. The molecule has 0 saturated carbocycles. The van der Waals surface area contributed by atoms with Gasteiger partial charge in [-0.15, -0.1) is 0 Å². The van der Waals surface area contributed by atoms with Crippen molar-refractivity contribution in [2.45, 2.75) is 26.5 Å². The van der Waals surface area contributed by atoms with Gasteiger partial charge >= 0.3 is 0 Å². The Morgan fingerprint density at radius 2 is 1.64 bits per heavy atom. The molecule has 11 heteroatoms. The lowest BCUT2D eigenvalue weighted by Crippen LogP contribution is -2.48. The Labute approximate surface area is 271 Å². The van der Waals surface area contributed by atoms with Crippen molar-refractivity contribution >= 4 is 28.4 Å². The number of amides is 2. The number of benzene rings is 3. The molecular weight excluding hydrogens is 604 g/mol. The summed E-state index contributed by atoms with van der Waals surface area (Å²) >= 11 is 0. The van der Waals surface area contributed by atoms with Crippen LogP contribution in [0.4, 0.5) is 14.5 Å². The summed E-state index contributed by atoms with van der Waals surface area (Å²) in [6.07, 6.45) is 1.52. The Morgan fingerprint density at radius 3 is 2.32 bits per heavy atom. The van der Waals surface area contributed by atoms with Crippen molar-refractivity contribution in [3.05, 3.63) is 114 Å². The number of piperazine rings is 1. The molecule has 0 radical (unpaired) electrons. The van der Waals surface area contributed by atoms with Crippen molar-refractivity contribution in [3.8, 4) is 17.4 Å². The summed E-state index contributed by atoms with van der Waals surface area (Å²) in [7, 11) is 1.86. The van der Waals surface area contributed by atoms with Gasteiger partial charge in [-0.1, -0.05) is 12.1 Å². The van der Waals surface area contributed by atoms with E-state index in [9.17, 15) is 18.4 Å². The van der Waals surface area contributed by atoms with E-state index in [2.05, 4.69) is 27.3 Å². The van der Waals surface area contributed by atoms with Crippen LogP contribution in [0.2, 0.25) is 0 Å². The summed E-state index contributed by atoms with van der Waals surface area (Å²) in [4.78, 5) is 34.4. The highest BCUT2D eigenvalue weighted by atomic mass is 19.1. The topological polar surface area (TPSA) is 88.9 Å². The number of ether oxygens (including phenoxy) is 2. The molecule has 3 heterocycles. The predicted octanol–water partition coefficient (Wildman–Crippen LogP) is 6.64. The maximum atomic E-state index is 13.9. The Balaban J connectivity index is 1.05. The predicted molar refractivity (Wildman–Crippen MR) is 175 cm³/mol. The van der Waals surface area contributed by atoms with Gasteiger partial charge in [0.1, 0.15) is 28.8 Å². The molecule has 1 saturated heterocycles. The number of fused-ring (bicyclic) bond motifs is 1. The first-order valence-electron chi connectivity index (χ1n) is 15.4. The van der Waals surface area contributed by atoms with Crippen molar-refractivity contribution in [2.24, 2.45) is 7.05 Å². The number of hydrogen-bond donors (Lipinski definition) is 1. The summed E-state index contributed by atoms with van der Waals surface area (Å²) in [6, 6.07) is 21.5. The number of carbonyl (C=O) groups excluding carboxylic acids is 2. The Morgan fingerprint density at radius 1 is 0.894 bits per heavy atom. The number of rotatable bonds is 9. The highest BCUT2D eigenvalue weighted by Crippen LogP contribution is 2.28. The minimum atomic E-state index is -0.954. The third kappa shape index (κ3) is 7.41. The molecule has 6 rings (SSSR count). The average Bonchev–Trinajstić information content (AvgIpc) is 3.38. The zero-order chi connectivity index (χ0) is 33.1. The monoisotopic (exact) mass is 639 g/mol. The van der Waals surface area contributed by atoms with E-state index >= 15 is 0 Å². The van der Waals surface area contributed by atoms with Gasteiger partial charge in [-0.2, -0.15) is 0 Å². The standard InChI is InChI=1S/C36H35F2N5O4/c1-23(2)46-28-9-4-24(5-10-28)22-42-14-16-43(17-15-42)36(45)33-18-25-6-11-29(20-32(25)41(33)3)47-34-13-8-27(21-39-34)40-35(44)30-12-7-26(37)19-31(30)38/h4-13,18-21,23H,14-17,22H2,1-3H3,(H,40,44). The summed E-state index contributed by atoms with van der Waals surface area (Å²) in [6.45, 7) is 7.70. The average molecular weight is 640 g/mol. The fourth-order valence-electron chi connectivity index (χ4n) is 5.56. The van der Waals surface area contributed by atoms with Gasteiger partial charge in [-0.25, -0.2) is 13.8 Å². The first-order valence-corrected chi connectivity index (χ1v) is 15.4. The van der Waals surface area contributed by atoms with Gasteiger partial charge < -0.3 is 24.3 Å². The summed E-state index contributed by atoms with van der Waals surface area (Å²) in [5.74, 6) is -0.792. The van der Waals surface area contributed by atoms with Crippen molar-refractivity contribution in [1.29, 1.82) is 0 Å². The zero-order valence-electron chi connectivity index (χ0n) is 26.4. The number of carbonyl (C=O) groups is 2. The lowest BCUT2D eigenvalue weighted by atomic mass is 10.2. The second-order valence-electron chi connectivity index (χ2n) is 11.8. The third-order valence-electron chi connectivity index (χ3n) is 7.99. The minimum absolute atomic E-state index is 0.0131. The first kappa shape index (κ1) is 31.7. The fourth-order valence-corrected chi connectivity index (χ4v) is 5.56. The SMILES string of the molecule is CC(C)Oc1ccc(CN2CCN(C(=O)c3cc4ccc(Oc5ccc(NC(=O)c6ccc(F)cc6F)cn5)cc4n3C)CC2)cc1. The molecule has 5 aromatic rings. The van der Waals surface area contributed by atoms with E-state index in [1.165, 1.54) is 11.8 Å². The molecular formula is C36H35F2N5O4. The molecule has 0 bridgehead atoms. The molecule has 9 nitrogen and oxygen atoms in total. The van der Waals surface area contributed by atoms with Crippen LogP contribution in [0.5, 0.6) is 17.4 Å². The van der Waals surface area contributed by atoms with Crippen molar-refractivity contribution < 1.29 is 27.8 Å². The van der Waals surface area contributed by atoms with E-state index in [1.807, 2.05) is 60.7 Å². The van der Waals surface area contributed by atoms with Gasteiger partial charge in [0, 0.05) is 63.4 Å². The quantitative estimate of drug-likeness (QED) is 0.195. The molecule has 1 aliphatic rings. The second-order valence-corrected chi connectivity index (χ2v) is 11.8. The molecule has 1 fully saturated rings. The van der Waals surface area contributed by atoms with E-state index in [-0.39, 0.29) is 23.5 Å². The Hall–Kier alpha value is -5.29. The highest BCUT2D eigenvalue weighted by Gasteiger charge is 2.25. The van der Waals surface area contributed by atoms with Crippen molar-refractivity contribution in [2.75, 3.05) is 31.5 Å². The molecule has 0 atom stereocenters. The van der Waals surface area contributed by atoms with Crippen LogP contribution in [0.25, 0.3) is 10.9 Å². The number of halogens is 2. The fraction of sp³-hybridized carbons (Fsp3) is 0.250. The second kappa shape index (κ2) is 13.6. The molecule has 242 valence electrons.